The second kappa shape index (κ2) is 8.78. The summed E-state index contributed by atoms with van der Waals surface area (Å²) in [6, 6.07) is 12.3. The average molecular weight is 491 g/mol. The van der Waals surface area contributed by atoms with Crippen molar-refractivity contribution in [2.45, 2.75) is 45.6 Å². The van der Waals surface area contributed by atoms with Crippen LogP contribution >= 0.6 is 15.9 Å². The molecule has 0 saturated carbocycles. The number of pyridine rings is 1. The number of fused-ring (bicyclic) bond motifs is 2. The van der Waals surface area contributed by atoms with Gasteiger partial charge in [-0.05, 0) is 51.2 Å². The third kappa shape index (κ3) is 3.79. The van der Waals surface area contributed by atoms with Crippen LogP contribution in [0.3, 0.4) is 0 Å². The van der Waals surface area contributed by atoms with Crippen molar-refractivity contribution in [3.8, 4) is 11.1 Å². The fraction of sp³-hybridized carbons (Fsp3) is 0.292. The molecular weight excluding hydrogens is 468 g/mol. The highest BCUT2D eigenvalue weighted by Crippen LogP contribution is 2.28. The van der Waals surface area contributed by atoms with Crippen LogP contribution in [0.4, 0.5) is 5.82 Å². The largest absolute Gasteiger partial charge is 0.294 e. The van der Waals surface area contributed by atoms with Gasteiger partial charge in [0.1, 0.15) is 11.6 Å². The molecule has 0 fully saturated rings. The molecule has 0 bridgehead atoms. The highest BCUT2D eigenvalue weighted by Gasteiger charge is 2.25. The molecule has 32 heavy (non-hydrogen) atoms. The van der Waals surface area contributed by atoms with Crippen molar-refractivity contribution in [3.05, 3.63) is 76.1 Å². The van der Waals surface area contributed by atoms with Crippen LogP contribution in [0.15, 0.2) is 58.6 Å². The van der Waals surface area contributed by atoms with Gasteiger partial charge < -0.3 is 0 Å². The van der Waals surface area contributed by atoms with Gasteiger partial charge in [0, 0.05) is 31.8 Å². The zero-order chi connectivity index (χ0) is 22.1. The molecule has 1 aromatic carbocycles. The first kappa shape index (κ1) is 20.8. The maximum atomic E-state index is 13.4. The summed E-state index contributed by atoms with van der Waals surface area (Å²) in [4.78, 5) is 22.1. The maximum Gasteiger partial charge on any atom is 0.266 e. The zero-order valence-electron chi connectivity index (χ0n) is 17.8. The van der Waals surface area contributed by atoms with E-state index in [2.05, 4.69) is 61.2 Å². The molecule has 0 spiro atoms. The number of hydrogen-bond acceptors (Lipinski definition) is 5. The lowest BCUT2D eigenvalue weighted by Gasteiger charge is -2.12. The molecule has 0 radical (unpaired) electrons. The predicted octanol–water partition coefficient (Wildman–Crippen LogP) is 4.72. The molecule has 7 nitrogen and oxygen atoms in total. The van der Waals surface area contributed by atoms with E-state index in [0.29, 0.717) is 35.8 Å². The minimum Gasteiger partial charge on any atom is -0.294 e. The number of rotatable bonds is 7. The minimum absolute atomic E-state index is 0.0785. The number of aliphatic imine (C=N–C) groups is 1. The van der Waals surface area contributed by atoms with E-state index in [9.17, 15) is 4.79 Å². The van der Waals surface area contributed by atoms with E-state index in [1.54, 1.807) is 16.8 Å². The highest BCUT2D eigenvalue weighted by atomic mass is 79.9. The lowest BCUT2D eigenvalue weighted by Crippen LogP contribution is -2.23. The number of unbranched alkanes of at least 4 members (excludes halogenated alkanes) is 2. The molecule has 5 rings (SSSR count). The van der Waals surface area contributed by atoms with Gasteiger partial charge in [0.15, 0.2) is 0 Å². The van der Waals surface area contributed by atoms with Crippen molar-refractivity contribution >= 4 is 32.1 Å². The Morgan fingerprint density at radius 3 is 2.72 bits per heavy atom. The van der Waals surface area contributed by atoms with E-state index < -0.39 is 0 Å². The molecule has 4 aromatic rings. The normalized spacial score (nSPS) is 12.9. The lowest BCUT2D eigenvalue weighted by atomic mass is 10.0. The molecule has 8 heteroatoms. The van der Waals surface area contributed by atoms with Crippen LogP contribution in [-0.2, 0) is 19.4 Å². The van der Waals surface area contributed by atoms with Crippen LogP contribution in [0.1, 0.15) is 43.1 Å². The number of halogens is 1. The molecule has 0 atom stereocenters. The van der Waals surface area contributed by atoms with E-state index in [-0.39, 0.29) is 5.56 Å². The Labute approximate surface area is 194 Å². The third-order valence-corrected chi connectivity index (χ3v) is 6.24. The fourth-order valence-corrected chi connectivity index (χ4v) is 4.64. The van der Waals surface area contributed by atoms with E-state index in [1.165, 1.54) is 0 Å². The minimum atomic E-state index is -0.0785. The lowest BCUT2D eigenvalue weighted by molar-refractivity contribution is 0.602. The summed E-state index contributed by atoms with van der Waals surface area (Å²) in [7, 11) is 0. The molecule has 0 unspecified atom stereocenters. The summed E-state index contributed by atoms with van der Waals surface area (Å²) >= 11 is 3.48. The summed E-state index contributed by atoms with van der Waals surface area (Å²) in [5.41, 5.74) is 3.90. The maximum absolute atomic E-state index is 13.4. The smallest absolute Gasteiger partial charge is 0.266 e. The fourth-order valence-electron chi connectivity index (χ4n) is 4.19. The summed E-state index contributed by atoms with van der Waals surface area (Å²) in [6.07, 6.45) is 7.84. The Bertz CT molecular complexity index is 1370. The molecule has 0 amide bonds. The van der Waals surface area contributed by atoms with Crippen molar-refractivity contribution in [1.29, 1.82) is 0 Å². The predicted molar refractivity (Wildman–Crippen MR) is 129 cm³/mol. The van der Waals surface area contributed by atoms with E-state index in [0.717, 1.165) is 47.1 Å². The number of hydrogen-bond donors (Lipinski definition) is 0. The number of aryl methyl sites for hydroxylation is 1. The van der Waals surface area contributed by atoms with Crippen LogP contribution in [0, 0.1) is 0 Å². The Hall–Kier alpha value is -3.13. The van der Waals surface area contributed by atoms with Gasteiger partial charge in [0.05, 0.1) is 10.2 Å². The first-order chi connectivity index (χ1) is 15.7. The second-order valence-corrected chi connectivity index (χ2v) is 8.91. The second-order valence-electron chi connectivity index (χ2n) is 8.00. The van der Waals surface area contributed by atoms with Crippen molar-refractivity contribution < 1.29 is 0 Å². The van der Waals surface area contributed by atoms with Crippen molar-refractivity contribution in [2.75, 3.05) is 0 Å². The molecule has 0 N–H and O–H groups in total. The zero-order valence-corrected chi connectivity index (χ0v) is 19.4. The van der Waals surface area contributed by atoms with Gasteiger partial charge in [-0.1, -0.05) is 44.0 Å². The van der Waals surface area contributed by atoms with Crippen molar-refractivity contribution in [2.24, 2.45) is 4.99 Å². The van der Waals surface area contributed by atoms with Gasteiger partial charge in [0.25, 0.3) is 5.56 Å². The first-order valence-electron chi connectivity index (χ1n) is 10.9. The van der Waals surface area contributed by atoms with E-state index in [1.807, 2.05) is 22.8 Å². The highest BCUT2D eigenvalue weighted by molar-refractivity contribution is 9.18. The molecule has 3 aromatic heterocycles. The van der Waals surface area contributed by atoms with Crippen molar-refractivity contribution in [1.82, 2.24) is 24.1 Å². The van der Waals surface area contributed by atoms with Crippen LogP contribution < -0.4 is 5.56 Å². The van der Waals surface area contributed by atoms with Crippen molar-refractivity contribution in [3.63, 3.8) is 0 Å². The summed E-state index contributed by atoms with van der Waals surface area (Å²) in [6.45, 7) is 2.94. The van der Waals surface area contributed by atoms with E-state index >= 15 is 0 Å². The molecule has 1 aliphatic rings. The molecule has 162 valence electrons. The van der Waals surface area contributed by atoms with Gasteiger partial charge in [-0.15, -0.1) is 10.2 Å². The molecule has 4 heterocycles. The molecule has 0 saturated heterocycles. The number of nitrogens with zero attached hydrogens (tertiary/aromatic N) is 6. The Morgan fingerprint density at radius 1 is 1.06 bits per heavy atom. The van der Waals surface area contributed by atoms with Crippen LogP contribution in [-0.4, -0.2) is 28.8 Å². The van der Waals surface area contributed by atoms with Gasteiger partial charge in [0.2, 0.25) is 5.78 Å². The summed E-state index contributed by atoms with van der Waals surface area (Å²) in [5.74, 6) is 1.92. The summed E-state index contributed by atoms with van der Waals surface area (Å²) < 4.78 is 4.50. The number of aromatic nitrogens is 5. The third-order valence-electron chi connectivity index (χ3n) is 5.78. The van der Waals surface area contributed by atoms with Gasteiger partial charge in [-0.25, -0.2) is 9.39 Å². The molecular formula is C24H23BrN6O. The Morgan fingerprint density at radius 2 is 1.91 bits per heavy atom. The number of benzene rings is 1. The monoisotopic (exact) mass is 490 g/mol. The van der Waals surface area contributed by atoms with Crippen LogP contribution in [0.2, 0.25) is 0 Å². The Balaban J connectivity index is 1.56. The van der Waals surface area contributed by atoms with Crippen LogP contribution in [0.5, 0.6) is 0 Å². The molecule has 1 aliphatic heterocycles. The molecule has 0 aliphatic carbocycles. The first-order valence-corrected chi connectivity index (χ1v) is 11.7. The average Bonchev–Trinajstić information content (AvgIpc) is 3.41. The summed E-state index contributed by atoms with van der Waals surface area (Å²) in [5, 5.41) is 8.84. The SMILES string of the molecule is CCCCCn1c2c(c(=O)n3c(Cc4cccc(-c5ccncc5)c4)nnc13)CC(Br)=N2. The topological polar surface area (TPSA) is 77.4 Å². The van der Waals surface area contributed by atoms with Gasteiger partial charge in [-0.2, -0.15) is 0 Å². The standard InChI is InChI=1S/C24H23BrN6O/c1-2-3-4-12-30-22-19(15-20(25)27-22)23(32)31-21(28-29-24(30)31)14-16-6-5-7-18(13-16)17-8-10-26-11-9-17/h5-11,13H,2-4,12,14-15H2,1H3. The van der Waals surface area contributed by atoms with Crippen LogP contribution in [0.25, 0.3) is 16.9 Å². The van der Waals surface area contributed by atoms with Gasteiger partial charge in [-0.3, -0.25) is 14.3 Å². The van der Waals surface area contributed by atoms with E-state index in [4.69, 9.17) is 0 Å². The van der Waals surface area contributed by atoms with Gasteiger partial charge >= 0.3 is 0 Å². The Kier molecular flexibility index (Phi) is 5.70. The quantitative estimate of drug-likeness (QED) is 0.351.